The standard InChI is InChI=1S/C11H13N3O2/c1-14-7-8(6-13-14)4-10(15)11-3-2-9(5-12)16-11/h2-3,6-7H,4-5,12H2,1H3. The molecule has 2 N–H and O–H groups in total. The van der Waals surface area contributed by atoms with Gasteiger partial charge >= 0.3 is 0 Å². The first-order chi connectivity index (χ1) is 7.69. The van der Waals surface area contributed by atoms with Crippen molar-refractivity contribution in [2.24, 2.45) is 12.8 Å². The van der Waals surface area contributed by atoms with Crippen LogP contribution in [0.15, 0.2) is 28.9 Å². The second-order valence-corrected chi connectivity index (χ2v) is 3.59. The van der Waals surface area contributed by atoms with Crippen LogP contribution in [0.4, 0.5) is 0 Å². The molecule has 2 rings (SSSR count). The highest BCUT2D eigenvalue weighted by Crippen LogP contribution is 2.11. The summed E-state index contributed by atoms with van der Waals surface area (Å²) in [6, 6.07) is 3.37. The molecule has 2 aromatic heterocycles. The first-order valence-electron chi connectivity index (χ1n) is 4.98. The molecule has 2 aromatic rings. The lowest BCUT2D eigenvalue weighted by molar-refractivity contribution is 0.0964. The van der Waals surface area contributed by atoms with Crippen LogP contribution in [0.1, 0.15) is 21.9 Å². The number of hydrogen-bond acceptors (Lipinski definition) is 4. The summed E-state index contributed by atoms with van der Waals surface area (Å²) in [5.41, 5.74) is 6.27. The van der Waals surface area contributed by atoms with Gasteiger partial charge in [0, 0.05) is 19.7 Å². The number of aromatic nitrogens is 2. The molecule has 0 fully saturated rings. The first-order valence-corrected chi connectivity index (χ1v) is 4.98. The van der Waals surface area contributed by atoms with Crippen LogP contribution < -0.4 is 5.73 Å². The Morgan fingerprint density at radius 1 is 1.56 bits per heavy atom. The molecular formula is C11H13N3O2. The molecule has 2 heterocycles. The molecule has 0 aromatic carbocycles. The Bertz CT molecular complexity index is 499. The van der Waals surface area contributed by atoms with E-state index in [1.807, 2.05) is 13.2 Å². The van der Waals surface area contributed by atoms with Crippen molar-refractivity contribution in [1.82, 2.24) is 9.78 Å². The van der Waals surface area contributed by atoms with E-state index in [-0.39, 0.29) is 5.78 Å². The minimum atomic E-state index is -0.0623. The smallest absolute Gasteiger partial charge is 0.202 e. The Balaban J connectivity index is 2.08. The molecule has 0 unspecified atom stereocenters. The zero-order valence-electron chi connectivity index (χ0n) is 9.01. The van der Waals surface area contributed by atoms with Crippen LogP contribution in [0.25, 0.3) is 0 Å². The summed E-state index contributed by atoms with van der Waals surface area (Å²) in [6.07, 6.45) is 3.78. The molecule has 0 aliphatic rings. The maximum absolute atomic E-state index is 11.8. The molecule has 0 atom stereocenters. The summed E-state index contributed by atoms with van der Waals surface area (Å²) in [4.78, 5) is 11.8. The van der Waals surface area contributed by atoms with Gasteiger partial charge in [0.25, 0.3) is 0 Å². The molecule has 0 spiro atoms. The second kappa shape index (κ2) is 4.32. The monoisotopic (exact) mass is 219 g/mol. The van der Waals surface area contributed by atoms with Crippen LogP contribution in [0.3, 0.4) is 0 Å². The summed E-state index contributed by atoms with van der Waals surface area (Å²) in [7, 11) is 1.81. The molecule has 5 nitrogen and oxygen atoms in total. The largest absolute Gasteiger partial charge is 0.457 e. The highest BCUT2D eigenvalue weighted by atomic mass is 16.3. The van der Waals surface area contributed by atoms with Gasteiger partial charge in [0.15, 0.2) is 5.76 Å². The third-order valence-electron chi connectivity index (χ3n) is 2.26. The van der Waals surface area contributed by atoms with Crippen LogP contribution in [0.5, 0.6) is 0 Å². The first kappa shape index (κ1) is 10.6. The van der Waals surface area contributed by atoms with Crippen LogP contribution in [0.2, 0.25) is 0 Å². The Labute approximate surface area is 92.9 Å². The summed E-state index contributed by atoms with van der Waals surface area (Å²) < 4.78 is 6.93. The van der Waals surface area contributed by atoms with Gasteiger partial charge in [-0.15, -0.1) is 0 Å². The minimum absolute atomic E-state index is 0.0623. The van der Waals surface area contributed by atoms with Crippen LogP contribution >= 0.6 is 0 Å². The normalized spacial score (nSPS) is 10.6. The molecule has 0 aliphatic heterocycles. The number of carbonyl (C=O) groups is 1. The van der Waals surface area contributed by atoms with Gasteiger partial charge in [-0.05, 0) is 17.7 Å². The minimum Gasteiger partial charge on any atom is -0.457 e. The van der Waals surface area contributed by atoms with E-state index >= 15 is 0 Å². The van der Waals surface area contributed by atoms with E-state index in [0.717, 1.165) is 5.56 Å². The van der Waals surface area contributed by atoms with E-state index in [0.29, 0.717) is 24.5 Å². The van der Waals surface area contributed by atoms with Crippen molar-refractivity contribution in [1.29, 1.82) is 0 Å². The highest BCUT2D eigenvalue weighted by molar-refractivity contribution is 5.94. The maximum Gasteiger partial charge on any atom is 0.202 e. The molecule has 5 heteroatoms. The van der Waals surface area contributed by atoms with Crippen LogP contribution in [0, 0.1) is 0 Å². The van der Waals surface area contributed by atoms with Crippen molar-refractivity contribution in [2.45, 2.75) is 13.0 Å². The lowest BCUT2D eigenvalue weighted by Gasteiger charge is -1.94. The fourth-order valence-electron chi connectivity index (χ4n) is 1.47. The summed E-state index contributed by atoms with van der Waals surface area (Å²) in [5, 5.41) is 4.00. The Morgan fingerprint density at radius 3 is 2.94 bits per heavy atom. The molecule has 0 amide bonds. The predicted octanol–water partition coefficient (Wildman–Crippen LogP) is 0.897. The fourth-order valence-corrected chi connectivity index (χ4v) is 1.47. The van der Waals surface area contributed by atoms with Gasteiger partial charge in [-0.1, -0.05) is 0 Å². The number of aryl methyl sites for hydroxylation is 1. The van der Waals surface area contributed by atoms with Crippen LogP contribution in [-0.2, 0) is 20.0 Å². The van der Waals surface area contributed by atoms with Gasteiger partial charge in [-0.25, -0.2) is 0 Å². The quantitative estimate of drug-likeness (QED) is 0.775. The second-order valence-electron chi connectivity index (χ2n) is 3.59. The lowest BCUT2D eigenvalue weighted by Crippen LogP contribution is -2.01. The fraction of sp³-hybridized carbons (Fsp3) is 0.273. The Hall–Kier alpha value is -1.88. The van der Waals surface area contributed by atoms with E-state index in [2.05, 4.69) is 5.10 Å². The van der Waals surface area contributed by atoms with E-state index < -0.39 is 0 Å². The number of ketones is 1. The van der Waals surface area contributed by atoms with Crippen molar-refractivity contribution in [3.63, 3.8) is 0 Å². The van der Waals surface area contributed by atoms with Gasteiger partial charge in [-0.3, -0.25) is 9.48 Å². The SMILES string of the molecule is Cn1cc(CC(=O)c2ccc(CN)o2)cn1. The van der Waals surface area contributed by atoms with Gasteiger partial charge in [0.05, 0.1) is 12.7 Å². The molecule has 0 radical (unpaired) electrons. The van der Waals surface area contributed by atoms with Crippen molar-refractivity contribution < 1.29 is 9.21 Å². The number of Topliss-reactive ketones (excluding diaryl/α,β-unsaturated/α-hetero) is 1. The summed E-state index contributed by atoms with van der Waals surface area (Å²) in [5.74, 6) is 0.909. The zero-order chi connectivity index (χ0) is 11.5. The molecule has 0 bridgehead atoms. The third-order valence-corrected chi connectivity index (χ3v) is 2.26. The molecule has 0 saturated carbocycles. The number of hydrogen-bond donors (Lipinski definition) is 1. The number of carbonyl (C=O) groups excluding carboxylic acids is 1. The van der Waals surface area contributed by atoms with Crippen LogP contribution in [-0.4, -0.2) is 15.6 Å². The number of rotatable bonds is 4. The Kier molecular flexibility index (Phi) is 2.87. The molecular weight excluding hydrogens is 206 g/mol. The van der Waals surface area contributed by atoms with Crippen molar-refractivity contribution >= 4 is 5.78 Å². The van der Waals surface area contributed by atoms with E-state index in [4.69, 9.17) is 10.2 Å². The van der Waals surface area contributed by atoms with Gasteiger partial charge < -0.3 is 10.2 Å². The average molecular weight is 219 g/mol. The summed E-state index contributed by atoms with van der Waals surface area (Å²) >= 11 is 0. The molecule has 0 aliphatic carbocycles. The van der Waals surface area contributed by atoms with Crippen molar-refractivity contribution in [3.05, 3.63) is 41.6 Å². The number of furan rings is 1. The van der Waals surface area contributed by atoms with Crippen molar-refractivity contribution in [2.75, 3.05) is 0 Å². The van der Waals surface area contributed by atoms with E-state index in [9.17, 15) is 4.79 Å². The topological polar surface area (TPSA) is 74.0 Å². The Morgan fingerprint density at radius 2 is 2.38 bits per heavy atom. The average Bonchev–Trinajstić information content (AvgIpc) is 2.87. The summed E-state index contributed by atoms with van der Waals surface area (Å²) in [6.45, 7) is 0.306. The van der Waals surface area contributed by atoms with Crippen molar-refractivity contribution in [3.8, 4) is 0 Å². The number of nitrogens with two attached hydrogens (primary N) is 1. The molecule has 16 heavy (non-hydrogen) atoms. The molecule has 84 valence electrons. The van der Waals surface area contributed by atoms with E-state index in [1.54, 1.807) is 23.0 Å². The third kappa shape index (κ3) is 2.20. The van der Waals surface area contributed by atoms with Gasteiger partial charge in [0.2, 0.25) is 5.78 Å². The number of nitrogens with zero attached hydrogens (tertiary/aromatic N) is 2. The highest BCUT2D eigenvalue weighted by Gasteiger charge is 2.12. The lowest BCUT2D eigenvalue weighted by atomic mass is 10.1. The van der Waals surface area contributed by atoms with Gasteiger partial charge in [0.1, 0.15) is 5.76 Å². The van der Waals surface area contributed by atoms with Gasteiger partial charge in [-0.2, -0.15) is 5.10 Å². The predicted molar refractivity (Wildman–Crippen MR) is 57.8 cm³/mol. The maximum atomic E-state index is 11.8. The van der Waals surface area contributed by atoms with E-state index in [1.165, 1.54) is 0 Å². The molecule has 0 saturated heterocycles. The zero-order valence-corrected chi connectivity index (χ0v) is 9.01.